The van der Waals surface area contributed by atoms with Gasteiger partial charge in [0.2, 0.25) is 5.91 Å². The monoisotopic (exact) mass is 280 g/mol. The molecule has 0 radical (unpaired) electrons. The van der Waals surface area contributed by atoms with Crippen molar-refractivity contribution in [1.29, 1.82) is 0 Å². The van der Waals surface area contributed by atoms with Gasteiger partial charge in [-0.15, -0.1) is 0 Å². The van der Waals surface area contributed by atoms with E-state index in [0.717, 1.165) is 12.8 Å². The van der Waals surface area contributed by atoms with Gasteiger partial charge >= 0.3 is 6.18 Å². The molecule has 1 aliphatic rings. The van der Waals surface area contributed by atoms with Crippen LogP contribution in [0.3, 0.4) is 0 Å². The summed E-state index contributed by atoms with van der Waals surface area (Å²) in [5, 5.41) is 2.85. The largest absolute Gasteiger partial charge is 0.391 e. The normalized spacial score (nSPS) is 25.9. The third kappa shape index (κ3) is 5.01. The highest BCUT2D eigenvalue weighted by atomic mass is 19.4. The van der Waals surface area contributed by atoms with Crippen LogP contribution >= 0.6 is 0 Å². The molecule has 1 aliphatic carbocycles. The van der Waals surface area contributed by atoms with Crippen LogP contribution in [0.4, 0.5) is 13.2 Å². The highest BCUT2D eigenvalue weighted by Crippen LogP contribution is 2.39. The predicted molar refractivity (Wildman–Crippen MR) is 67.4 cm³/mol. The predicted octanol–water partition coefficient (Wildman–Crippen LogP) is 2.60. The molecule has 0 aromatic heterocycles. The molecule has 1 rings (SSSR count). The Morgan fingerprint density at radius 3 is 2.32 bits per heavy atom. The fraction of sp³-hybridized carbons (Fsp3) is 0.923. The van der Waals surface area contributed by atoms with E-state index in [1.165, 1.54) is 0 Å². The Labute approximate surface area is 112 Å². The molecule has 19 heavy (non-hydrogen) atoms. The summed E-state index contributed by atoms with van der Waals surface area (Å²) in [5.41, 5.74) is 5.55. The molecule has 0 heterocycles. The maximum Gasteiger partial charge on any atom is 0.391 e. The van der Waals surface area contributed by atoms with E-state index in [1.807, 2.05) is 6.92 Å². The van der Waals surface area contributed by atoms with Gasteiger partial charge in [-0.3, -0.25) is 4.79 Å². The van der Waals surface area contributed by atoms with Gasteiger partial charge in [0.1, 0.15) is 0 Å². The number of nitrogens with two attached hydrogens (primary N) is 1. The smallest absolute Gasteiger partial charge is 0.352 e. The number of rotatable bonds is 5. The fourth-order valence-electron chi connectivity index (χ4n) is 2.60. The summed E-state index contributed by atoms with van der Waals surface area (Å²) in [6.45, 7) is 2.38. The Kier molecular flexibility index (Phi) is 6.10. The van der Waals surface area contributed by atoms with Crippen LogP contribution in [0.5, 0.6) is 0 Å². The summed E-state index contributed by atoms with van der Waals surface area (Å²) >= 11 is 0. The molecule has 0 aliphatic heterocycles. The molecule has 0 saturated heterocycles. The minimum Gasteiger partial charge on any atom is -0.352 e. The maximum absolute atomic E-state index is 12.5. The molecule has 1 atom stereocenters. The second kappa shape index (κ2) is 7.12. The van der Waals surface area contributed by atoms with Gasteiger partial charge in [0.15, 0.2) is 0 Å². The van der Waals surface area contributed by atoms with Gasteiger partial charge in [0, 0.05) is 18.5 Å². The van der Waals surface area contributed by atoms with Crippen LogP contribution in [-0.2, 0) is 4.79 Å². The molecule has 0 aromatic carbocycles. The number of amides is 1. The Bertz CT molecular complexity index is 286. The van der Waals surface area contributed by atoms with E-state index in [4.69, 9.17) is 5.73 Å². The van der Waals surface area contributed by atoms with Crippen LogP contribution in [0.2, 0.25) is 0 Å². The molecule has 3 N–H and O–H groups in total. The van der Waals surface area contributed by atoms with E-state index in [0.29, 0.717) is 19.4 Å². The average Bonchev–Trinajstić information content (AvgIpc) is 2.37. The fourth-order valence-corrected chi connectivity index (χ4v) is 2.60. The molecule has 1 unspecified atom stereocenters. The Morgan fingerprint density at radius 2 is 1.89 bits per heavy atom. The van der Waals surface area contributed by atoms with Crippen molar-refractivity contribution in [2.45, 2.75) is 57.7 Å². The van der Waals surface area contributed by atoms with Crippen LogP contribution in [-0.4, -0.2) is 24.7 Å². The summed E-state index contributed by atoms with van der Waals surface area (Å²) in [6.07, 6.45) is -1.64. The highest BCUT2D eigenvalue weighted by Gasteiger charge is 2.42. The van der Waals surface area contributed by atoms with Crippen molar-refractivity contribution in [2.24, 2.45) is 17.6 Å². The molecule has 6 heteroatoms. The van der Waals surface area contributed by atoms with Crippen molar-refractivity contribution < 1.29 is 18.0 Å². The van der Waals surface area contributed by atoms with Crippen molar-refractivity contribution >= 4 is 5.91 Å². The molecule has 1 saturated carbocycles. The molecule has 0 aromatic rings. The van der Waals surface area contributed by atoms with E-state index in [-0.39, 0.29) is 30.7 Å². The first-order chi connectivity index (χ1) is 8.88. The van der Waals surface area contributed by atoms with E-state index >= 15 is 0 Å². The van der Waals surface area contributed by atoms with E-state index in [2.05, 4.69) is 5.32 Å². The average molecular weight is 280 g/mol. The second-order valence-corrected chi connectivity index (χ2v) is 5.32. The van der Waals surface area contributed by atoms with Crippen molar-refractivity contribution in [3.8, 4) is 0 Å². The zero-order chi connectivity index (χ0) is 14.5. The summed E-state index contributed by atoms with van der Waals surface area (Å²) in [5.74, 6) is -1.66. The van der Waals surface area contributed by atoms with Crippen LogP contribution < -0.4 is 11.1 Å². The van der Waals surface area contributed by atoms with Crippen LogP contribution in [0.15, 0.2) is 0 Å². The van der Waals surface area contributed by atoms with E-state index in [9.17, 15) is 18.0 Å². The standard InChI is InChI=1S/C13H23F3N2O/c1-2-3-11(8-17)18-12(19)9-4-6-10(7-5-9)13(14,15)16/h9-11H,2-8,17H2,1H3,(H,18,19). The van der Waals surface area contributed by atoms with Gasteiger partial charge in [-0.05, 0) is 32.1 Å². The summed E-state index contributed by atoms with van der Waals surface area (Å²) in [4.78, 5) is 12.0. The van der Waals surface area contributed by atoms with Gasteiger partial charge in [0.25, 0.3) is 0 Å². The van der Waals surface area contributed by atoms with Crippen molar-refractivity contribution in [2.75, 3.05) is 6.54 Å². The SMILES string of the molecule is CCCC(CN)NC(=O)C1CCC(C(F)(F)F)CC1. The number of alkyl halides is 3. The quantitative estimate of drug-likeness (QED) is 0.813. The minimum atomic E-state index is -4.12. The number of nitrogens with one attached hydrogen (secondary N) is 1. The third-order valence-corrected chi connectivity index (χ3v) is 3.83. The Morgan fingerprint density at radius 1 is 1.32 bits per heavy atom. The first-order valence-electron chi connectivity index (χ1n) is 6.95. The number of halogens is 3. The summed E-state index contributed by atoms with van der Waals surface area (Å²) in [6, 6.07) is -0.0576. The topological polar surface area (TPSA) is 55.1 Å². The lowest BCUT2D eigenvalue weighted by molar-refractivity contribution is -0.184. The second-order valence-electron chi connectivity index (χ2n) is 5.32. The van der Waals surface area contributed by atoms with E-state index < -0.39 is 12.1 Å². The number of carbonyl (C=O) groups is 1. The van der Waals surface area contributed by atoms with Crippen LogP contribution in [0.25, 0.3) is 0 Å². The molecule has 112 valence electrons. The maximum atomic E-state index is 12.5. The molecule has 0 bridgehead atoms. The third-order valence-electron chi connectivity index (χ3n) is 3.83. The Hall–Kier alpha value is -0.780. The zero-order valence-corrected chi connectivity index (χ0v) is 11.3. The number of carbonyl (C=O) groups excluding carboxylic acids is 1. The molecule has 3 nitrogen and oxygen atoms in total. The highest BCUT2D eigenvalue weighted by molar-refractivity contribution is 5.79. The Balaban J connectivity index is 2.40. The lowest BCUT2D eigenvalue weighted by Crippen LogP contribution is -2.44. The molecular formula is C13H23F3N2O. The molecule has 0 spiro atoms. The molecule has 1 fully saturated rings. The molecule has 1 amide bonds. The zero-order valence-electron chi connectivity index (χ0n) is 11.3. The van der Waals surface area contributed by atoms with Gasteiger partial charge in [-0.1, -0.05) is 13.3 Å². The summed E-state index contributed by atoms with van der Waals surface area (Å²) in [7, 11) is 0. The van der Waals surface area contributed by atoms with Gasteiger partial charge in [0.05, 0.1) is 5.92 Å². The van der Waals surface area contributed by atoms with Crippen molar-refractivity contribution in [3.63, 3.8) is 0 Å². The first-order valence-corrected chi connectivity index (χ1v) is 6.95. The first kappa shape index (κ1) is 16.3. The number of hydrogen-bond donors (Lipinski definition) is 2. The van der Waals surface area contributed by atoms with Crippen LogP contribution in [0.1, 0.15) is 45.4 Å². The lowest BCUT2D eigenvalue weighted by atomic mass is 9.81. The minimum absolute atomic E-state index is 0.0576. The molecular weight excluding hydrogens is 257 g/mol. The summed E-state index contributed by atoms with van der Waals surface area (Å²) < 4.78 is 37.6. The number of hydrogen-bond acceptors (Lipinski definition) is 2. The van der Waals surface area contributed by atoms with Crippen molar-refractivity contribution in [1.82, 2.24) is 5.32 Å². The van der Waals surface area contributed by atoms with Gasteiger partial charge in [-0.25, -0.2) is 0 Å². The lowest BCUT2D eigenvalue weighted by Gasteiger charge is -2.30. The van der Waals surface area contributed by atoms with Gasteiger partial charge in [-0.2, -0.15) is 13.2 Å². The van der Waals surface area contributed by atoms with Crippen LogP contribution in [0, 0.1) is 11.8 Å². The van der Waals surface area contributed by atoms with E-state index in [1.54, 1.807) is 0 Å². The van der Waals surface area contributed by atoms with Gasteiger partial charge < -0.3 is 11.1 Å². The van der Waals surface area contributed by atoms with Crippen molar-refractivity contribution in [3.05, 3.63) is 0 Å².